The summed E-state index contributed by atoms with van der Waals surface area (Å²) in [6.07, 6.45) is -0.989. The first kappa shape index (κ1) is 19.6. The fourth-order valence-electron chi connectivity index (χ4n) is 3.15. The third kappa shape index (κ3) is 4.55. The predicted octanol–water partition coefficient (Wildman–Crippen LogP) is 5.70. The standard InChI is InChI=1S/C25H24O3/c1-16-5-9-20(10-6-16)23(26)24(21-11-7-17(2)8-12-21)28-25(27)22-14-18(3)13-19(4)15-22/h5-15,24H,1-4H3/t24-/m0/s1. The quantitative estimate of drug-likeness (QED) is 0.426. The molecule has 0 saturated carbocycles. The van der Waals surface area contributed by atoms with Gasteiger partial charge >= 0.3 is 5.97 Å². The van der Waals surface area contributed by atoms with Crippen molar-refractivity contribution in [3.63, 3.8) is 0 Å². The Hall–Kier alpha value is -3.20. The Bertz CT molecular complexity index is 979. The van der Waals surface area contributed by atoms with Gasteiger partial charge in [0.1, 0.15) is 0 Å². The lowest BCUT2D eigenvalue weighted by atomic mass is 9.98. The van der Waals surface area contributed by atoms with Gasteiger partial charge < -0.3 is 4.74 Å². The Morgan fingerprint density at radius 2 is 1.14 bits per heavy atom. The van der Waals surface area contributed by atoms with Crippen LogP contribution in [-0.2, 0) is 4.74 Å². The Kier molecular flexibility index (Phi) is 5.74. The van der Waals surface area contributed by atoms with Gasteiger partial charge in [-0.1, -0.05) is 76.9 Å². The van der Waals surface area contributed by atoms with E-state index in [0.717, 1.165) is 22.3 Å². The molecule has 0 bridgehead atoms. The molecule has 0 saturated heterocycles. The molecule has 3 rings (SSSR count). The lowest BCUT2D eigenvalue weighted by molar-refractivity contribution is 0.0280. The van der Waals surface area contributed by atoms with Gasteiger partial charge in [0.05, 0.1) is 5.56 Å². The zero-order chi connectivity index (χ0) is 20.3. The Morgan fingerprint density at radius 3 is 1.68 bits per heavy atom. The summed E-state index contributed by atoms with van der Waals surface area (Å²) in [4.78, 5) is 26.0. The molecule has 1 atom stereocenters. The minimum Gasteiger partial charge on any atom is -0.445 e. The molecule has 0 spiro atoms. The molecule has 0 aliphatic heterocycles. The van der Waals surface area contributed by atoms with Gasteiger partial charge in [0.15, 0.2) is 6.10 Å². The van der Waals surface area contributed by atoms with E-state index in [1.165, 1.54) is 0 Å². The van der Waals surface area contributed by atoms with Gasteiger partial charge in [-0.2, -0.15) is 0 Å². The first-order valence-electron chi connectivity index (χ1n) is 9.30. The van der Waals surface area contributed by atoms with Gasteiger partial charge in [-0.15, -0.1) is 0 Å². The molecule has 0 radical (unpaired) electrons. The minimum atomic E-state index is -0.989. The number of carbonyl (C=O) groups excluding carboxylic acids is 2. The van der Waals surface area contributed by atoms with Crippen LogP contribution in [0.2, 0.25) is 0 Å². The van der Waals surface area contributed by atoms with E-state index in [1.54, 1.807) is 24.3 Å². The second-order valence-electron chi connectivity index (χ2n) is 7.30. The molecule has 0 amide bonds. The van der Waals surface area contributed by atoms with E-state index in [4.69, 9.17) is 4.74 Å². The van der Waals surface area contributed by atoms with Crippen molar-refractivity contribution in [3.8, 4) is 0 Å². The molecule has 0 fully saturated rings. The first-order valence-corrected chi connectivity index (χ1v) is 9.30. The minimum absolute atomic E-state index is 0.235. The number of hydrogen-bond acceptors (Lipinski definition) is 3. The number of ether oxygens (including phenoxy) is 1. The molecule has 3 aromatic carbocycles. The van der Waals surface area contributed by atoms with Crippen LogP contribution in [0.5, 0.6) is 0 Å². The molecule has 3 nitrogen and oxygen atoms in total. The Balaban J connectivity index is 1.96. The third-order valence-electron chi connectivity index (χ3n) is 4.64. The van der Waals surface area contributed by atoms with Crippen molar-refractivity contribution in [2.24, 2.45) is 0 Å². The maximum Gasteiger partial charge on any atom is 0.339 e. The molecule has 3 heteroatoms. The Labute approximate surface area is 166 Å². The Morgan fingerprint density at radius 1 is 0.643 bits per heavy atom. The fraction of sp³-hybridized carbons (Fsp3) is 0.200. The number of carbonyl (C=O) groups is 2. The monoisotopic (exact) mass is 372 g/mol. The number of ketones is 1. The topological polar surface area (TPSA) is 43.4 Å². The number of Topliss-reactive ketones (excluding diaryl/α,β-unsaturated/α-hetero) is 1. The second kappa shape index (κ2) is 8.22. The van der Waals surface area contributed by atoms with Crippen LogP contribution in [0.25, 0.3) is 0 Å². The van der Waals surface area contributed by atoms with Crippen molar-refractivity contribution in [2.45, 2.75) is 33.8 Å². The van der Waals surface area contributed by atoms with Crippen molar-refractivity contribution in [3.05, 3.63) is 106 Å². The fourth-order valence-corrected chi connectivity index (χ4v) is 3.15. The summed E-state index contributed by atoms with van der Waals surface area (Å²) in [6.45, 7) is 7.80. The highest BCUT2D eigenvalue weighted by atomic mass is 16.5. The summed E-state index contributed by atoms with van der Waals surface area (Å²) >= 11 is 0. The van der Waals surface area contributed by atoms with E-state index in [1.807, 2.05) is 70.2 Å². The van der Waals surface area contributed by atoms with E-state index in [2.05, 4.69) is 0 Å². The summed E-state index contributed by atoms with van der Waals surface area (Å²) in [7, 11) is 0. The van der Waals surface area contributed by atoms with Gasteiger partial charge in [-0.05, 0) is 39.8 Å². The molecule has 142 valence electrons. The summed E-state index contributed by atoms with van der Waals surface area (Å²) in [5.74, 6) is -0.737. The summed E-state index contributed by atoms with van der Waals surface area (Å²) in [6, 6.07) is 20.3. The maximum atomic E-state index is 13.2. The van der Waals surface area contributed by atoms with E-state index in [9.17, 15) is 9.59 Å². The molecule has 0 unspecified atom stereocenters. The highest BCUT2D eigenvalue weighted by Gasteiger charge is 2.27. The van der Waals surface area contributed by atoms with Crippen LogP contribution in [0.4, 0.5) is 0 Å². The van der Waals surface area contributed by atoms with E-state index in [-0.39, 0.29) is 5.78 Å². The molecule has 0 heterocycles. The molecule has 3 aromatic rings. The molecular formula is C25H24O3. The van der Waals surface area contributed by atoms with Crippen LogP contribution in [0.1, 0.15) is 54.6 Å². The van der Waals surface area contributed by atoms with Crippen LogP contribution >= 0.6 is 0 Å². The van der Waals surface area contributed by atoms with E-state index >= 15 is 0 Å². The normalized spacial score (nSPS) is 11.7. The second-order valence-corrected chi connectivity index (χ2v) is 7.30. The third-order valence-corrected chi connectivity index (χ3v) is 4.64. The number of hydrogen-bond donors (Lipinski definition) is 0. The zero-order valence-electron chi connectivity index (χ0n) is 16.7. The number of esters is 1. The number of benzene rings is 3. The lowest BCUT2D eigenvalue weighted by Crippen LogP contribution is -2.20. The maximum absolute atomic E-state index is 13.2. The SMILES string of the molecule is Cc1ccc(C(=O)[C@@H](OC(=O)c2cc(C)cc(C)c2)c2ccc(C)cc2)cc1. The first-order chi connectivity index (χ1) is 13.3. The van der Waals surface area contributed by atoms with Crippen molar-refractivity contribution >= 4 is 11.8 Å². The van der Waals surface area contributed by atoms with Crippen molar-refractivity contribution in [2.75, 3.05) is 0 Å². The highest BCUT2D eigenvalue weighted by Crippen LogP contribution is 2.25. The highest BCUT2D eigenvalue weighted by molar-refractivity contribution is 6.02. The van der Waals surface area contributed by atoms with Gasteiger partial charge in [0, 0.05) is 11.1 Å². The van der Waals surface area contributed by atoms with Crippen molar-refractivity contribution < 1.29 is 14.3 Å². The molecule has 0 aliphatic rings. The van der Waals surface area contributed by atoms with Crippen molar-refractivity contribution in [1.82, 2.24) is 0 Å². The molecule has 0 aliphatic carbocycles. The van der Waals surface area contributed by atoms with Gasteiger partial charge in [-0.3, -0.25) is 4.79 Å². The average molecular weight is 372 g/mol. The number of rotatable bonds is 5. The molecule has 0 N–H and O–H groups in total. The molecule has 28 heavy (non-hydrogen) atoms. The van der Waals surface area contributed by atoms with Gasteiger partial charge in [0.25, 0.3) is 0 Å². The smallest absolute Gasteiger partial charge is 0.339 e. The largest absolute Gasteiger partial charge is 0.445 e. The molecule has 0 aromatic heterocycles. The van der Waals surface area contributed by atoms with Crippen LogP contribution < -0.4 is 0 Å². The summed E-state index contributed by atoms with van der Waals surface area (Å²) < 4.78 is 5.73. The summed E-state index contributed by atoms with van der Waals surface area (Å²) in [5.41, 5.74) is 5.72. The summed E-state index contributed by atoms with van der Waals surface area (Å²) in [5, 5.41) is 0. The zero-order valence-corrected chi connectivity index (χ0v) is 16.7. The van der Waals surface area contributed by atoms with E-state index in [0.29, 0.717) is 16.7 Å². The average Bonchev–Trinajstić information content (AvgIpc) is 2.66. The van der Waals surface area contributed by atoms with Gasteiger partial charge in [-0.25, -0.2) is 4.79 Å². The van der Waals surface area contributed by atoms with Crippen molar-refractivity contribution in [1.29, 1.82) is 0 Å². The predicted molar refractivity (Wildman–Crippen MR) is 111 cm³/mol. The van der Waals surface area contributed by atoms with Crippen LogP contribution in [0, 0.1) is 27.7 Å². The lowest BCUT2D eigenvalue weighted by Gasteiger charge is -2.18. The molecular weight excluding hydrogens is 348 g/mol. The van der Waals surface area contributed by atoms with Gasteiger partial charge in [0.2, 0.25) is 5.78 Å². The van der Waals surface area contributed by atoms with E-state index < -0.39 is 12.1 Å². The van der Waals surface area contributed by atoms with Crippen LogP contribution in [0.3, 0.4) is 0 Å². The van der Waals surface area contributed by atoms with Crippen LogP contribution in [-0.4, -0.2) is 11.8 Å². The number of aryl methyl sites for hydroxylation is 4. The van der Waals surface area contributed by atoms with Crippen LogP contribution in [0.15, 0.2) is 66.7 Å².